The Labute approximate surface area is 104 Å². The summed E-state index contributed by atoms with van der Waals surface area (Å²) in [5, 5.41) is 2.24. The van der Waals surface area contributed by atoms with Gasteiger partial charge in [0.15, 0.2) is 0 Å². The van der Waals surface area contributed by atoms with Crippen LogP contribution in [-0.4, -0.2) is 59.6 Å². The SMILES string of the molecule is CN1CCN(C2CCCC(=O)NC2=O)C(=O)C1=O. The highest BCUT2D eigenvalue weighted by Crippen LogP contribution is 2.16. The van der Waals surface area contributed by atoms with Crippen LogP contribution in [-0.2, 0) is 19.2 Å². The van der Waals surface area contributed by atoms with E-state index in [-0.39, 0.29) is 12.3 Å². The largest absolute Gasteiger partial charge is 0.336 e. The number of carbonyl (C=O) groups excluding carboxylic acids is 4. The number of carbonyl (C=O) groups is 4. The van der Waals surface area contributed by atoms with Crippen molar-refractivity contribution < 1.29 is 19.2 Å². The van der Waals surface area contributed by atoms with Crippen molar-refractivity contribution >= 4 is 23.6 Å². The third-order valence-corrected chi connectivity index (χ3v) is 3.29. The fraction of sp³-hybridized carbons (Fsp3) is 0.636. The van der Waals surface area contributed by atoms with Gasteiger partial charge in [0.05, 0.1) is 0 Å². The second-order valence-electron chi connectivity index (χ2n) is 4.55. The Morgan fingerprint density at radius 2 is 1.83 bits per heavy atom. The van der Waals surface area contributed by atoms with Crippen molar-refractivity contribution in [3.05, 3.63) is 0 Å². The zero-order valence-electron chi connectivity index (χ0n) is 10.1. The minimum Gasteiger partial charge on any atom is -0.336 e. The first-order valence-electron chi connectivity index (χ1n) is 5.90. The molecule has 98 valence electrons. The van der Waals surface area contributed by atoms with Gasteiger partial charge in [-0.1, -0.05) is 0 Å². The number of hydrogen-bond donors (Lipinski definition) is 1. The van der Waals surface area contributed by atoms with Crippen molar-refractivity contribution in [3.8, 4) is 0 Å². The molecule has 1 unspecified atom stereocenters. The van der Waals surface area contributed by atoms with Gasteiger partial charge >= 0.3 is 11.8 Å². The van der Waals surface area contributed by atoms with E-state index in [0.29, 0.717) is 25.9 Å². The van der Waals surface area contributed by atoms with Crippen LogP contribution in [0.15, 0.2) is 0 Å². The monoisotopic (exact) mass is 253 g/mol. The Morgan fingerprint density at radius 3 is 2.56 bits per heavy atom. The minimum absolute atomic E-state index is 0.276. The summed E-state index contributed by atoms with van der Waals surface area (Å²) in [6.07, 6.45) is 1.23. The topological polar surface area (TPSA) is 86.8 Å². The normalized spacial score (nSPS) is 26.2. The summed E-state index contributed by atoms with van der Waals surface area (Å²) in [7, 11) is 1.55. The Bertz CT molecular complexity index is 421. The van der Waals surface area contributed by atoms with Gasteiger partial charge in [0, 0.05) is 26.6 Å². The molecule has 0 aromatic heterocycles. The predicted octanol–water partition coefficient (Wildman–Crippen LogP) is -1.52. The summed E-state index contributed by atoms with van der Waals surface area (Å²) in [6, 6.07) is -0.707. The molecule has 0 aliphatic carbocycles. The maximum absolute atomic E-state index is 11.8. The van der Waals surface area contributed by atoms with E-state index in [2.05, 4.69) is 5.32 Å². The molecule has 7 nitrogen and oxygen atoms in total. The van der Waals surface area contributed by atoms with Crippen LogP contribution in [0, 0.1) is 0 Å². The predicted molar refractivity (Wildman–Crippen MR) is 60.1 cm³/mol. The van der Waals surface area contributed by atoms with Crippen LogP contribution < -0.4 is 5.32 Å². The number of imide groups is 1. The summed E-state index contributed by atoms with van der Waals surface area (Å²) >= 11 is 0. The lowest BCUT2D eigenvalue weighted by molar-refractivity contribution is -0.158. The first-order valence-corrected chi connectivity index (χ1v) is 5.90. The second-order valence-corrected chi connectivity index (χ2v) is 4.55. The third-order valence-electron chi connectivity index (χ3n) is 3.29. The van der Waals surface area contributed by atoms with E-state index in [9.17, 15) is 19.2 Å². The van der Waals surface area contributed by atoms with Gasteiger partial charge in [-0.05, 0) is 12.8 Å². The third kappa shape index (κ3) is 2.20. The van der Waals surface area contributed by atoms with Crippen molar-refractivity contribution in [1.82, 2.24) is 15.1 Å². The molecule has 0 bridgehead atoms. The maximum Gasteiger partial charge on any atom is 0.312 e. The number of amides is 4. The molecule has 0 radical (unpaired) electrons. The van der Waals surface area contributed by atoms with Gasteiger partial charge < -0.3 is 9.80 Å². The van der Waals surface area contributed by atoms with Gasteiger partial charge in [0.2, 0.25) is 11.8 Å². The van der Waals surface area contributed by atoms with Crippen molar-refractivity contribution in [2.45, 2.75) is 25.3 Å². The molecule has 18 heavy (non-hydrogen) atoms. The van der Waals surface area contributed by atoms with Crippen LogP contribution in [0.25, 0.3) is 0 Å². The van der Waals surface area contributed by atoms with Crippen molar-refractivity contribution in [2.24, 2.45) is 0 Å². The highest BCUT2D eigenvalue weighted by atomic mass is 16.2. The minimum atomic E-state index is -0.707. The van der Waals surface area contributed by atoms with Gasteiger partial charge in [-0.25, -0.2) is 0 Å². The number of nitrogens with one attached hydrogen (secondary N) is 1. The van der Waals surface area contributed by atoms with Gasteiger partial charge in [-0.3, -0.25) is 24.5 Å². The molecule has 2 saturated heterocycles. The molecule has 2 fully saturated rings. The van der Waals surface area contributed by atoms with Gasteiger partial charge in [-0.15, -0.1) is 0 Å². The lowest BCUT2D eigenvalue weighted by Crippen LogP contribution is -2.59. The van der Waals surface area contributed by atoms with Crippen molar-refractivity contribution in [1.29, 1.82) is 0 Å². The average molecular weight is 253 g/mol. The highest BCUT2D eigenvalue weighted by molar-refractivity contribution is 6.35. The molecule has 2 aliphatic rings. The van der Waals surface area contributed by atoms with Crippen LogP contribution in [0.5, 0.6) is 0 Å². The average Bonchev–Trinajstić information content (AvgIpc) is 2.48. The molecule has 0 aromatic carbocycles. The Kier molecular flexibility index (Phi) is 3.31. The number of hydrogen-bond acceptors (Lipinski definition) is 4. The fourth-order valence-electron chi connectivity index (χ4n) is 2.21. The number of piperazine rings is 1. The molecule has 2 rings (SSSR count). The zero-order chi connectivity index (χ0) is 13.3. The molecule has 0 spiro atoms. The quantitative estimate of drug-likeness (QED) is 0.454. The summed E-state index contributed by atoms with van der Waals surface area (Å²) in [4.78, 5) is 49.0. The van der Waals surface area contributed by atoms with Crippen LogP contribution >= 0.6 is 0 Å². The van der Waals surface area contributed by atoms with Crippen LogP contribution in [0.2, 0.25) is 0 Å². The summed E-state index contributed by atoms with van der Waals surface area (Å²) in [6.45, 7) is 0.732. The van der Waals surface area contributed by atoms with E-state index in [1.165, 1.54) is 9.80 Å². The summed E-state index contributed by atoms with van der Waals surface area (Å²) in [5.74, 6) is -2.08. The molecule has 1 atom stereocenters. The summed E-state index contributed by atoms with van der Waals surface area (Å²) in [5.41, 5.74) is 0. The molecule has 7 heteroatoms. The summed E-state index contributed by atoms with van der Waals surface area (Å²) < 4.78 is 0. The van der Waals surface area contributed by atoms with Crippen LogP contribution in [0.4, 0.5) is 0 Å². The number of likely N-dealkylation sites (N-methyl/N-ethyl adjacent to an activating group) is 1. The number of rotatable bonds is 1. The lowest BCUT2D eigenvalue weighted by Gasteiger charge is -2.35. The van der Waals surface area contributed by atoms with Crippen LogP contribution in [0.1, 0.15) is 19.3 Å². The Morgan fingerprint density at radius 1 is 1.11 bits per heavy atom. The maximum atomic E-state index is 11.8. The second kappa shape index (κ2) is 4.75. The first kappa shape index (κ1) is 12.5. The van der Waals surface area contributed by atoms with Gasteiger partial charge in [0.25, 0.3) is 0 Å². The van der Waals surface area contributed by atoms with E-state index in [4.69, 9.17) is 0 Å². The van der Waals surface area contributed by atoms with E-state index >= 15 is 0 Å². The Balaban J connectivity index is 2.15. The molecule has 2 aliphatic heterocycles. The molecule has 0 aromatic rings. The van der Waals surface area contributed by atoms with Gasteiger partial charge in [-0.2, -0.15) is 0 Å². The molecule has 4 amide bonds. The highest BCUT2D eigenvalue weighted by Gasteiger charge is 2.38. The fourth-order valence-corrected chi connectivity index (χ4v) is 2.21. The van der Waals surface area contributed by atoms with Gasteiger partial charge in [0.1, 0.15) is 6.04 Å². The standard InChI is InChI=1S/C11H15N3O4/c1-13-5-6-14(11(18)10(13)17)7-3-2-4-8(15)12-9(7)16/h7H,2-6H2,1H3,(H,12,15,16). The number of nitrogens with zero attached hydrogens (tertiary/aromatic N) is 2. The molecular weight excluding hydrogens is 238 g/mol. The van der Waals surface area contributed by atoms with Crippen molar-refractivity contribution in [3.63, 3.8) is 0 Å². The molecule has 2 heterocycles. The van der Waals surface area contributed by atoms with E-state index < -0.39 is 23.8 Å². The van der Waals surface area contributed by atoms with E-state index in [0.717, 1.165) is 0 Å². The van der Waals surface area contributed by atoms with Crippen molar-refractivity contribution in [2.75, 3.05) is 20.1 Å². The first-order chi connectivity index (χ1) is 8.50. The zero-order valence-corrected chi connectivity index (χ0v) is 10.1. The smallest absolute Gasteiger partial charge is 0.312 e. The van der Waals surface area contributed by atoms with E-state index in [1.54, 1.807) is 7.05 Å². The molecule has 0 saturated carbocycles. The molecular formula is C11H15N3O4. The lowest BCUT2D eigenvalue weighted by atomic mass is 10.1. The van der Waals surface area contributed by atoms with Crippen LogP contribution in [0.3, 0.4) is 0 Å². The van der Waals surface area contributed by atoms with E-state index in [1.807, 2.05) is 0 Å². The Hall–Kier alpha value is -1.92. The molecule has 1 N–H and O–H groups in total.